The van der Waals surface area contributed by atoms with Crippen LogP contribution in [0.3, 0.4) is 0 Å². The minimum absolute atomic E-state index is 0.184. The number of hydrogen-bond acceptors (Lipinski definition) is 8. The van der Waals surface area contributed by atoms with Gasteiger partial charge in [-0.25, -0.2) is 0 Å². The number of amides is 1. The molecule has 0 radical (unpaired) electrons. The summed E-state index contributed by atoms with van der Waals surface area (Å²) < 4.78 is 11.2. The van der Waals surface area contributed by atoms with Gasteiger partial charge in [-0.1, -0.05) is 269 Å². The number of unbranched alkanes of at least 4 members (excludes halogenated alkanes) is 39. The minimum atomic E-state index is -1.57. The molecule has 7 atom stereocenters. The van der Waals surface area contributed by atoms with Crippen LogP contribution in [0.15, 0.2) is 36.5 Å². The fraction of sp³-hybridized carbons (Fsp3) is 0.887. The molecule has 6 N–H and O–H groups in total. The molecule has 71 heavy (non-hydrogen) atoms. The van der Waals surface area contributed by atoms with Crippen LogP contribution in [0.2, 0.25) is 0 Å². The topological polar surface area (TPSA) is 149 Å². The van der Waals surface area contributed by atoms with Crippen LogP contribution in [-0.2, 0) is 14.3 Å². The fourth-order valence-electron chi connectivity index (χ4n) is 9.82. The van der Waals surface area contributed by atoms with Gasteiger partial charge in [0, 0.05) is 6.42 Å². The Morgan fingerprint density at radius 1 is 0.465 bits per heavy atom. The normalized spacial score (nSPS) is 19.5. The van der Waals surface area contributed by atoms with Crippen LogP contribution in [0.4, 0.5) is 0 Å². The maximum Gasteiger partial charge on any atom is 0.220 e. The Balaban J connectivity index is 2.03. The average Bonchev–Trinajstić information content (AvgIpc) is 3.37. The van der Waals surface area contributed by atoms with Crippen molar-refractivity contribution in [2.24, 2.45) is 0 Å². The Hall–Kier alpha value is -1.59. The van der Waals surface area contributed by atoms with Crippen LogP contribution in [0, 0.1) is 0 Å². The van der Waals surface area contributed by atoms with Crippen molar-refractivity contribution in [1.29, 1.82) is 0 Å². The third kappa shape index (κ3) is 41.4. The van der Waals surface area contributed by atoms with E-state index >= 15 is 0 Å². The number of allylic oxidation sites excluding steroid dienone is 5. The largest absolute Gasteiger partial charge is 0.394 e. The molecule has 0 saturated carbocycles. The molecule has 0 aromatic carbocycles. The first-order chi connectivity index (χ1) is 34.8. The maximum absolute atomic E-state index is 13.0. The summed E-state index contributed by atoms with van der Waals surface area (Å²) in [6.07, 6.45) is 61.2. The zero-order valence-corrected chi connectivity index (χ0v) is 46.5. The van der Waals surface area contributed by atoms with Crippen molar-refractivity contribution < 1.29 is 39.8 Å². The highest BCUT2D eigenvalue weighted by Gasteiger charge is 2.44. The molecule has 0 spiro atoms. The lowest BCUT2D eigenvalue weighted by atomic mass is 9.99. The zero-order valence-electron chi connectivity index (χ0n) is 46.5. The van der Waals surface area contributed by atoms with Crippen molar-refractivity contribution in [1.82, 2.24) is 5.32 Å². The van der Waals surface area contributed by atoms with E-state index in [2.05, 4.69) is 43.5 Å². The Labute approximate surface area is 438 Å². The van der Waals surface area contributed by atoms with Crippen molar-refractivity contribution in [3.05, 3.63) is 36.5 Å². The Bertz CT molecular complexity index is 1210. The summed E-state index contributed by atoms with van der Waals surface area (Å²) in [5, 5.41) is 54.3. The van der Waals surface area contributed by atoms with Gasteiger partial charge >= 0.3 is 0 Å². The average molecular weight is 1000 g/mol. The van der Waals surface area contributed by atoms with E-state index in [-0.39, 0.29) is 12.5 Å². The van der Waals surface area contributed by atoms with Gasteiger partial charge in [-0.3, -0.25) is 4.79 Å². The van der Waals surface area contributed by atoms with Crippen LogP contribution in [0.25, 0.3) is 0 Å². The van der Waals surface area contributed by atoms with Crippen LogP contribution in [0.5, 0.6) is 0 Å². The van der Waals surface area contributed by atoms with E-state index in [9.17, 15) is 30.3 Å². The first-order valence-corrected chi connectivity index (χ1v) is 30.7. The van der Waals surface area contributed by atoms with E-state index in [1.807, 2.05) is 6.08 Å². The number of carbonyl (C=O) groups excluding carboxylic acids is 1. The summed E-state index contributed by atoms with van der Waals surface area (Å²) in [4.78, 5) is 13.0. The predicted octanol–water partition coefficient (Wildman–Crippen LogP) is 15.5. The van der Waals surface area contributed by atoms with Gasteiger partial charge in [-0.05, 0) is 57.8 Å². The monoisotopic (exact) mass is 1000 g/mol. The molecule has 1 rings (SSSR count). The summed E-state index contributed by atoms with van der Waals surface area (Å²) >= 11 is 0. The third-order valence-electron chi connectivity index (χ3n) is 14.7. The number of carbonyl (C=O) groups is 1. The molecule has 1 amide bonds. The number of aliphatic hydroxyl groups excluding tert-OH is 5. The lowest BCUT2D eigenvalue weighted by Crippen LogP contribution is -2.60. The van der Waals surface area contributed by atoms with Gasteiger partial charge in [0.2, 0.25) is 5.91 Å². The summed E-state index contributed by atoms with van der Waals surface area (Å²) in [6, 6.07) is -0.818. The Morgan fingerprint density at radius 3 is 1.18 bits per heavy atom. The summed E-state index contributed by atoms with van der Waals surface area (Å²) in [5.41, 5.74) is 0. The molecule has 1 aliphatic heterocycles. The van der Waals surface area contributed by atoms with Gasteiger partial charge in [-0.2, -0.15) is 0 Å². The molecular weight excluding hydrogens is 887 g/mol. The first kappa shape index (κ1) is 67.4. The lowest BCUT2D eigenvalue weighted by molar-refractivity contribution is -0.302. The van der Waals surface area contributed by atoms with E-state index in [1.54, 1.807) is 6.08 Å². The predicted molar refractivity (Wildman–Crippen MR) is 300 cm³/mol. The highest BCUT2D eigenvalue weighted by atomic mass is 16.7. The second-order valence-corrected chi connectivity index (χ2v) is 21.5. The summed E-state index contributed by atoms with van der Waals surface area (Å²) in [7, 11) is 0. The lowest BCUT2D eigenvalue weighted by Gasteiger charge is -2.40. The summed E-state index contributed by atoms with van der Waals surface area (Å²) in [6.45, 7) is 3.75. The van der Waals surface area contributed by atoms with Crippen molar-refractivity contribution in [2.45, 2.75) is 339 Å². The molecule has 0 aliphatic carbocycles. The smallest absolute Gasteiger partial charge is 0.220 e. The molecule has 7 unspecified atom stereocenters. The molecular formula is C62H117NO8. The molecule has 1 saturated heterocycles. The number of nitrogens with one attached hydrogen (secondary N) is 1. The van der Waals surface area contributed by atoms with Crippen LogP contribution >= 0.6 is 0 Å². The molecule has 1 heterocycles. The molecule has 0 aromatic rings. The number of aliphatic hydroxyl groups is 5. The van der Waals surface area contributed by atoms with Gasteiger partial charge in [0.05, 0.1) is 25.4 Å². The Morgan fingerprint density at radius 2 is 0.803 bits per heavy atom. The van der Waals surface area contributed by atoms with Crippen LogP contribution in [-0.4, -0.2) is 87.5 Å². The molecule has 418 valence electrons. The highest BCUT2D eigenvalue weighted by Crippen LogP contribution is 2.23. The quantitative estimate of drug-likeness (QED) is 0.0261. The van der Waals surface area contributed by atoms with Crippen molar-refractivity contribution in [2.75, 3.05) is 13.2 Å². The van der Waals surface area contributed by atoms with Crippen molar-refractivity contribution in [3.63, 3.8) is 0 Å². The fourth-order valence-corrected chi connectivity index (χ4v) is 9.82. The molecule has 1 aliphatic rings. The van der Waals surface area contributed by atoms with E-state index in [0.717, 1.165) is 38.5 Å². The number of rotatable bonds is 53. The van der Waals surface area contributed by atoms with E-state index in [4.69, 9.17) is 9.47 Å². The minimum Gasteiger partial charge on any atom is -0.394 e. The van der Waals surface area contributed by atoms with Crippen molar-refractivity contribution >= 4 is 5.91 Å². The number of ether oxygens (including phenoxy) is 2. The third-order valence-corrected chi connectivity index (χ3v) is 14.7. The first-order valence-electron chi connectivity index (χ1n) is 30.7. The second kappa shape index (κ2) is 51.9. The van der Waals surface area contributed by atoms with Gasteiger partial charge in [0.15, 0.2) is 6.29 Å². The van der Waals surface area contributed by atoms with E-state index < -0.39 is 49.5 Å². The van der Waals surface area contributed by atoms with Crippen molar-refractivity contribution in [3.8, 4) is 0 Å². The highest BCUT2D eigenvalue weighted by molar-refractivity contribution is 5.76. The van der Waals surface area contributed by atoms with E-state index in [1.165, 1.54) is 238 Å². The molecule has 0 bridgehead atoms. The van der Waals surface area contributed by atoms with E-state index in [0.29, 0.717) is 6.42 Å². The van der Waals surface area contributed by atoms with Crippen LogP contribution in [0.1, 0.15) is 296 Å². The molecule has 9 heteroatoms. The van der Waals surface area contributed by atoms with Gasteiger partial charge in [-0.15, -0.1) is 0 Å². The van der Waals surface area contributed by atoms with Crippen LogP contribution < -0.4 is 5.32 Å². The van der Waals surface area contributed by atoms with Gasteiger partial charge in [0.25, 0.3) is 0 Å². The zero-order chi connectivity index (χ0) is 51.5. The molecule has 9 nitrogen and oxygen atoms in total. The molecule has 1 fully saturated rings. The number of hydrogen-bond donors (Lipinski definition) is 6. The SMILES string of the molecule is CCCCCCC/C=C/CC/C=C/C(O)C(COC1OC(CO)C(O)C(O)C1O)NC(=O)CCCCCCCCCCCCCCCCCCCCCCCCCCC/C=C\CCCCCCCCCC. The van der Waals surface area contributed by atoms with Gasteiger partial charge < -0.3 is 40.3 Å². The Kier molecular flexibility index (Phi) is 49.3. The summed E-state index contributed by atoms with van der Waals surface area (Å²) in [5.74, 6) is -0.184. The standard InChI is InChI=1S/C62H117NO8/c1-3-5-7-9-11-13-15-16-17-18-19-20-21-22-23-24-25-26-27-28-29-30-31-32-33-34-35-36-37-38-39-40-42-44-46-48-50-52-58(66)63-55(54-70-62-61(69)60(68)59(67)57(53-64)71-62)56(65)51-49-47-45-43-41-14-12-10-8-6-4-2/h18-19,41,43,49,51,55-57,59-62,64-65,67-69H,3-17,20-40,42,44-48,50,52-54H2,1-2H3,(H,63,66)/b19-18-,43-41+,51-49+. The maximum atomic E-state index is 13.0. The van der Waals surface area contributed by atoms with Gasteiger partial charge in [0.1, 0.15) is 24.4 Å². The molecule has 0 aromatic heterocycles. The second-order valence-electron chi connectivity index (χ2n) is 21.5.